The van der Waals surface area contributed by atoms with Gasteiger partial charge < -0.3 is 19.9 Å². The molecule has 0 bridgehead atoms. The van der Waals surface area contributed by atoms with Gasteiger partial charge in [-0.3, -0.25) is 9.59 Å². The van der Waals surface area contributed by atoms with Crippen molar-refractivity contribution in [2.45, 2.75) is 32.4 Å². The van der Waals surface area contributed by atoms with E-state index < -0.39 is 11.3 Å². The van der Waals surface area contributed by atoms with Gasteiger partial charge in [0.25, 0.3) is 5.56 Å². The van der Waals surface area contributed by atoms with Crippen molar-refractivity contribution < 1.29 is 9.53 Å². The molecular formula is C26H21ClN4O3. The van der Waals surface area contributed by atoms with Crippen LogP contribution >= 0.6 is 11.6 Å². The first-order valence-electron chi connectivity index (χ1n) is 10.8. The monoisotopic (exact) mass is 472 g/mol. The van der Waals surface area contributed by atoms with Gasteiger partial charge in [-0.05, 0) is 37.6 Å². The number of carbonyl (C=O) groups excluding carboxylic acids is 1. The number of hydrogen-bond donors (Lipinski definition) is 1. The van der Waals surface area contributed by atoms with E-state index in [-0.39, 0.29) is 34.9 Å². The topological polar surface area (TPSA) is 101 Å². The Kier molecular flexibility index (Phi) is 4.99. The number of rotatable bonds is 3. The van der Waals surface area contributed by atoms with Gasteiger partial charge in [-0.25, -0.2) is 0 Å². The van der Waals surface area contributed by atoms with Gasteiger partial charge in [-0.2, -0.15) is 5.26 Å². The highest BCUT2D eigenvalue weighted by Crippen LogP contribution is 2.54. The molecule has 3 heterocycles. The number of nitriles is 1. The molecule has 1 atom stereocenters. The van der Waals surface area contributed by atoms with E-state index >= 15 is 0 Å². The zero-order valence-corrected chi connectivity index (χ0v) is 19.4. The average Bonchev–Trinajstić information content (AvgIpc) is 3.03. The van der Waals surface area contributed by atoms with Crippen LogP contribution in [0.15, 0.2) is 70.8 Å². The van der Waals surface area contributed by atoms with E-state index in [2.05, 4.69) is 6.07 Å². The third-order valence-corrected chi connectivity index (χ3v) is 6.75. The average molecular weight is 473 g/mol. The summed E-state index contributed by atoms with van der Waals surface area (Å²) in [6.45, 7) is 4.25. The number of ether oxygens (including phenoxy) is 1. The van der Waals surface area contributed by atoms with E-state index in [1.165, 1.54) is 0 Å². The van der Waals surface area contributed by atoms with Crippen molar-refractivity contribution in [3.05, 3.63) is 104 Å². The molecule has 1 unspecified atom stereocenters. The smallest absolute Gasteiger partial charge is 0.259 e. The van der Waals surface area contributed by atoms with Crippen LogP contribution < -0.4 is 20.9 Å². The Morgan fingerprint density at radius 3 is 2.62 bits per heavy atom. The molecule has 5 rings (SSSR count). The van der Waals surface area contributed by atoms with E-state index in [1.807, 2.05) is 25.1 Å². The van der Waals surface area contributed by atoms with E-state index in [0.29, 0.717) is 28.5 Å². The number of amides is 1. The molecule has 2 N–H and O–H groups in total. The number of anilines is 1. The van der Waals surface area contributed by atoms with Gasteiger partial charge in [-0.1, -0.05) is 41.9 Å². The third kappa shape index (κ3) is 2.82. The van der Waals surface area contributed by atoms with Crippen molar-refractivity contribution in [2.24, 2.45) is 5.73 Å². The maximum absolute atomic E-state index is 14.4. The lowest BCUT2D eigenvalue weighted by Crippen LogP contribution is -2.49. The normalized spacial score (nSPS) is 18.5. The minimum Gasteiger partial charge on any atom is -0.440 e. The number of nitrogens with zero attached hydrogens (tertiary/aromatic N) is 3. The second kappa shape index (κ2) is 7.79. The van der Waals surface area contributed by atoms with Crippen LogP contribution in [0.4, 0.5) is 5.69 Å². The quantitative estimate of drug-likeness (QED) is 0.625. The highest BCUT2D eigenvalue weighted by Gasteiger charge is 2.60. The summed E-state index contributed by atoms with van der Waals surface area (Å²) in [5.41, 5.74) is 6.74. The molecule has 0 aliphatic carbocycles. The lowest BCUT2D eigenvalue weighted by atomic mass is 9.69. The second-order valence-corrected chi connectivity index (χ2v) is 8.75. The molecule has 1 spiro atoms. The van der Waals surface area contributed by atoms with Crippen LogP contribution in [-0.4, -0.2) is 10.5 Å². The highest BCUT2D eigenvalue weighted by atomic mass is 35.5. The number of aromatic nitrogens is 1. The SMILES string of the molecule is CCn1c(C)cc2c(c1=O)C1(C(=O)N(Cc3cccc(Cl)c3)c3ccccc31)C(C#N)=C(N)O2. The van der Waals surface area contributed by atoms with Gasteiger partial charge in [0.05, 0.1) is 12.1 Å². The van der Waals surface area contributed by atoms with Gasteiger partial charge in [0.1, 0.15) is 17.4 Å². The van der Waals surface area contributed by atoms with E-state index in [1.54, 1.807) is 52.8 Å². The predicted molar refractivity (Wildman–Crippen MR) is 128 cm³/mol. The molecule has 1 aromatic heterocycles. The van der Waals surface area contributed by atoms with Crippen LogP contribution in [-0.2, 0) is 23.3 Å². The number of pyridine rings is 1. The number of nitrogens with two attached hydrogens (primary N) is 1. The molecule has 0 saturated carbocycles. The number of benzene rings is 2. The number of para-hydroxylation sites is 1. The highest BCUT2D eigenvalue weighted by molar-refractivity contribution is 6.30. The maximum Gasteiger partial charge on any atom is 0.259 e. The predicted octanol–water partition coefficient (Wildman–Crippen LogP) is 3.75. The second-order valence-electron chi connectivity index (χ2n) is 8.32. The fourth-order valence-electron chi connectivity index (χ4n) is 5.09. The van der Waals surface area contributed by atoms with Crippen LogP contribution in [0.1, 0.15) is 29.3 Å². The fourth-order valence-corrected chi connectivity index (χ4v) is 5.30. The van der Waals surface area contributed by atoms with Crippen LogP contribution in [0, 0.1) is 18.3 Å². The van der Waals surface area contributed by atoms with E-state index in [9.17, 15) is 14.9 Å². The molecule has 3 aromatic rings. The first-order chi connectivity index (χ1) is 16.3. The molecule has 0 saturated heterocycles. The van der Waals surface area contributed by atoms with Crippen molar-refractivity contribution in [2.75, 3.05) is 4.90 Å². The van der Waals surface area contributed by atoms with Crippen molar-refractivity contribution in [1.29, 1.82) is 5.26 Å². The van der Waals surface area contributed by atoms with Crippen LogP contribution in [0.2, 0.25) is 5.02 Å². The Morgan fingerprint density at radius 1 is 1.15 bits per heavy atom. The fraction of sp³-hybridized carbons (Fsp3) is 0.192. The van der Waals surface area contributed by atoms with Crippen LogP contribution in [0.25, 0.3) is 0 Å². The van der Waals surface area contributed by atoms with Gasteiger partial charge in [0, 0.05) is 34.6 Å². The Morgan fingerprint density at radius 2 is 1.91 bits per heavy atom. The van der Waals surface area contributed by atoms with Gasteiger partial charge >= 0.3 is 0 Å². The Bertz CT molecular complexity index is 1500. The zero-order chi connectivity index (χ0) is 24.2. The Labute approximate surface area is 201 Å². The number of carbonyl (C=O) groups is 1. The molecule has 2 aromatic carbocycles. The molecule has 1 amide bonds. The molecule has 7 nitrogen and oxygen atoms in total. The minimum atomic E-state index is -1.71. The largest absolute Gasteiger partial charge is 0.440 e. The summed E-state index contributed by atoms with van der Waals surface area (Å²) < 4.78 is 7.31. The number of hydrogen-bond acceptors (Lipinski definition) is 5. The van der Waals surface area contributed by atoms with Gasteiger partial charge in [0.15, 0.2) is 5.41 Å². The zero-order valence-electron chi connectivity index (χ0n) is 18.6. The first kappa shape index (κ1) is 21.8. The number of fused-ring (bicyclic) bond motifs is 4. The molecule has 0 radical (unpaired) electrons. The van der Waals surface area contributed by atoms with Crippen molar-refractivity contribution in [1.82, 2.24) is 4.57 Å². The summed E-state index contributed by atoms with van der Waals surface area (Å²) in [5.74, 6) is -0.423. The summed E-state index contributed by atoms with van der Waals surface area (Å²) in [7, 11) is 0. The summed E-state index contributed by atoms with van der Waals surface area (Å²) in [6.07, 6.45) is 0. The Hall–Kier alpha value is -4.02. The van der Waals surface area contributed by atoms with Gasteiger partial charge in [-0.15, -0.1) is 0 Å². The number of aryl methyl sites for hydroxylation is 1. The first-order valence-corrected chi connectivity index (χ1v) is 11.2. The molecule has 34 heavy (non-hydrogen) atoms. The third-order valence-electron chi connectivity index (χ3n) is 6.51. The minimum absolute atomic E-state index is 0.0883. The lowest BCUT2D eigenvalue weighted by Gasteiger charge is -2.34. The molecule has 2 aliphatic heterocycles. The summed E-state index contributed by atoms with van der Waals surface area (Å²) in [6, 6.07) is 18.2. The van der Waals surface area contributed by atoms with E-state index in [4.69, 9.17) is 22.1 Å². The number of halogens is 1. The molecule has 2 aliphatic rings. The van der Waals surface area contributed by atoms with Crippen LogP contribution in [0.5, 0.6) is 5.75 Å². The van der Waals surface area contributed by atoms with Crippen molar-refractivity contribution >= 4 is 23.2 Å². The molecule has 0 fully saturated rings. The van der Waals surface area contributed by atoms with Crippen molar-refractivity contribution in [3.8, 4) is 11.8 Å². The molecule has 170 valence electrons. The summed E-state index contributed by atoms with van der Waals surface area (Å²) in [4.78, 5) is 29.8. The molecular weight excluding hydrogens is 452 g/mol. The maximum atomic E-state index is 14.4. The summed E-state index contributed by atoms with van der Waals surface area (Å²) in [5, 5.41) is 10.7. The molecule has 8 heteroatoms. The lowest BCUT2D eigenvalue weighted by molar-refractivity contribution is -0.121. The van der Waals surface area contributed by atoms with E-state index in [0.717, 1.165) is 5.56 Å². The van der Waals surface area contributed by atoms with Crippen molar-refractivity contribution in [3.63, 3.8) is 0 Å². The van der Waals surface area contributed by atoms with Crippen LogP contribution in [0.3, 0.4) is 0 Å². The van der Waals surface area contributed by atoms with Gasteiger partial charge in [0.2, 0.25) is 11.8 Å². The Balaban J connectivity index is 1.85. The standard InChI is InChI=1S/C26H21ClN4O3/c1-3-30-15(2)11-21-22(24(30)32)26(19(13-28)23(29)34-21)18-9-4-5-10-20(18)31(25(26)33)14-16-7-6-8-17(27)12-16/h4-12H,3,14,29H2,1-2H3. The summed E-state index contributed by atoms with van der Waals surface area (Å²) >= 11 is 6.18.